The molecule has 0 aliphatic rings. The third-order valence-corrected chi connectivity index (χ3v) is 2.58. The maximum Gasteiger partial charge on any atom is 0.269 e. The third kappa shape index (κ3) is 1.89. The van der Waals surface area contributed by atoms with E-state index in [2.05, 4.69) is 0 Å². The van der Waals surface area contributed by atoms with E-state index >= 15 is 0 Å². The van der Waals surface area contributed by atoms with Crippen molar-refractivity contribution in [1.82, 2.24) is 0 Å². The Morgan fingerprint density at radius 1 is 1.58 bits per heavy atom. The van der Waals surface area contributed by atoms with E-state index in [0.717, 1.165) is 21.4 Å². The molecule has 0 heterocycles. The van der Waals surface area contributed by atoms with Gasteiger partial charge >= 0.3 is 0 Å². The molecule has 0 fully saturated rings. The van der Waals surface area contributed by atoms with E-state index in [9.17, 15) is 10.1 Å². The summed E-state index contributed by atoms with van der Waals surface area (Å²) in [5.74, 6) is 0. The van der Waals surface area contributed by atoms with E-state index in [-0.39, 0.29) is 5.69 Å². The molecule has 1 rings (SSSR count). The summed E-state index contributed by atoms with van der Waals surface area (Å²) in [6, 6.07) is 4.59. The molecule has 0 spiro atoms. The monoisotopic (exact) mass is 203 g/mol. The van der Waals surface area contributed by atoms with Gasteiger partial charge in [0.05, 0.1) is 4.92 Å². The highest BCUT2D eigenvalue weighted by molar-refractivity contribution is 8.21. The number of rotatable bonds is 2. The molecular formula is C7H6ClNO2S. The van der Waals surface area contributed by atoms with Gasteiger partial charge in [0.25, 0.3) is 5.69 Å². The van der Waals surface area contributed by atoms with Gasteiger partial charge in [-0.05, 0) is 40.2 Å². The Morgan fingerprint density at radius 3 is 2.67 bits per heavy atom. The second-order valence-corrected chi connectivity index (χ2v) is 3.34. The first-order valence-electron chi connectivity index (χ1n) is 3.19. The second kappa shape index (κ2) is 3.78. The molecule has 0 saturated carbocycles. The Bertz CT molecular complexity index is 316. The van der Waals surface area contributed by atoms with Crippen molar-refractivity contribution in [3.05, 3.63) is 33.9 Å². The summed E-state index contributed by atoms with van der Waals surface area (Å²) in [6.45, 7) is 1.79. The molecule has 0 N–H and O–H groups in total. The fourth-order valence-corrected chi connectivity index (χ4v) is 1.65. The Balaban J connectivity index is 3.10. The number of halogens is 1. The average Bonchev–Trinajstić information content (AvgIpc) is 2.04. The number of nitrogens with zero attached hydrogens (tertiary/aromatic N) is 1. The standard InChI is InChI=1S/C7H6ClNO2S/c1-5-4-6(9(10)11)2-3-7(5)12-8/h2-4H,1H3. The topological polar surface area (TPSA) is 43.1 Å². The summed E-state index contributed by atoms with van der Waals surface area (Å²) in [7, 11) is 6.58. The molecule has 0 atom stereocenters. The van der Waals surface area contributed by atoms with Crippen molar-refractivity contribution in [1.29, 1.82) is 0 Å². The van der Waals surface area contributed by atoms with E-state index in [1.54, 1.807) is 13.0 Å². The maximum absolute atomic E-state index is 10.3. The van der Waals surface area contributed by atoms with Crippen LogP contribution in [-0.4, -0.2) is 4.92 Å². The molecule has 5 heteroatoms. The fraction of sp³-hybridized carbons (Fsp3) is 0.143. The summed E-state index contributed by atoms with van der Waals surface area (Å²) >= 11 is 0. The molecule has 3 nitrogen and oxygen atoms in total. The van der Waals surface area contributed by atoms with Gasteiger partial charge in [0.15, 0.2) is 0 Å². The first kappa shape index (κ1) is 9.35. The lowest BCUT2D eigenvalue weighted by Crippen LogP contribution is -1.88. The second-order valence-electron chi connectivity index (χ2n) is 2.28. The zero-order valence-corrected chi connectivity index (χ0v) is 7.85. The minimum Gasteiger partial charge on any atom is -0.258 e. The van der Waals surface area contributed by atoms with E-state index in [1.807, 2.05) is 0 Å². The SMILES string of the molecule is Cc1cc([N+](=O)[O-])ccc1SCl. The highest BCUT2D eigenvalue weighted by atomic mass is 35.7. The van der Waals surface area contributed by atoms with Gasteiger partial charge in [-0.25, -0.2) is 0 Å². The van der Waals surface area contributed by atoms with Crippen LogP contribution in [0.15, 0.2) is 23.1 Å². The van der Waals surface area contributed by atoms with Gasteiger partial charge in [-0.3, -0.25) is 10.1 Å². The van der Waals surface area contributed by atoms with Crippen LogP contribution in [0.2, 0.25) is 0 Å². The van der Waals surface area contributed by atoms with Crippen molar-refractivity contribution in [2.24, 2.45) is 0 Å². The lowest BCUT2D eigenvalue weighted by molar-refractivity contribution is -0.385. The molecule has 1 aromatic carbocycles. The zero-order chi connectivity index (χ0) is 9.14. The van der Waals surface area contributed by atoms with Crippen LogP contribution >= 0.6 is 21.7 Å². The Hall–Kier alpha value is -0.740. The van der Waals surface area contributed by atoms with Gasteiger partial charge in [-0.2, -0.15) is 0 Å². The fourth-order valence-electron chi connectivity index (χ4n) is 0.834. The Labute approximate surface area is 78.4 Å². The van der Waals surface area contributed by atoms with Crippen molar-refractivity contribution in [3.8, 4) is 0 Å². The van der Waals surface area contributed by atoms with E-state index in [1.165, 1.54) is 12.1 Å². The van der Waals surface area contributed by atoms with Crippen LogP contribution < -0.4 is 0 Å². The van der Waals surface area contributed by atoms with Crippen LogP contribution in [0.25, 0.3) is 0 Å². The molecule has 64 valence electrons. The lowest BCUT2D eigenvalue weighted by Gasteiger charge is -1.98. The summed E-state index contributed by atoms with van der Waals surface area (Å²) in [5.41, 5.74) is 0.922. The predicted octanol–water partition coefficient (Wildman–Crippen LogP) is 3.15. The number of benzene rings is 1. The first-order chi connectivity index (χ1) is 5.65. The highest BCUT2D eigenvalue weighted by Gasteiger charge is 2.07. The summed E-state index contributed by atoms with van der Waals surface area (Å²) in [4.78, 5) is 10.7. The molecule has 0 amide bonds. The van der Waals surface area contributed by atoms with Crippen LogP contribution in [0.4, 0.5) is 5.69 Å². The number of hydrogen-bond donors (Lipinski definition) is 0. The largest absolute Gasteiger partial charge is 0.269 e. The quantitative estimate of drug-likeness (QED) is 0.548. The summed E-state index contributed by atoms with van der Waals surface area (Å²) in [5, 5.41) is 10.3. The summed E-state index contributed by atoms with van der Waals surface area (Å²) in [6.07, 6.45) is 0. The molecule has 1 aromatic rings. The predicted molar refractivity (Wildman–Crippen MR) is 49.5 cm³/mol. The van der Waals surface area contributed by atoms with Crippen molar-refractivity contribution >= 4 is 27.3 Å². The summed E-state index contributed by atoms with van der Waals surface area (Å²) < 4.78 is 0. The molecular weight excluding hydrogens is 198 g/mol. The lowest BCUT2D eigenvalue weighted by atomic mass is 10.2. The van der Waals surface area contributed by atoms with Gasteiger partial charge < -0.3 is 0 Å². The van der Waals surface area contributed by atoms with Crippen molar-refractivity contribution in [3.63, 3.8) is 0 Å². The number of nitro groups is 1. The molecule has 0 aromatic heterocycles. The molecule has 0 unspecified atom stereocenters. The number of nitro benzene ring substituents is 1. The van der Waals surface area contributed by atoms with Gasteiger partial charge in [0.2, 0.25) is 0 Å². The minimum absolute atomic E-state index is 0.0990. The van der Waals surface area contributed by atoms with E-state index in [0.29, 0.717) is 0 Å². The number of aryl methyl sites for hydroxylation is 1. The van der Waals surface area contributed by atoms with Crippen molar-refractivity contribution in [2.45, 2.75) is 11.8 Å². The minimum atomic E-state index is -0.421. The zero-order valence-electron chi connectivity index (χ0n) is 6.28. The van der Waals surface area contributed by atoms with Gasteiger partial charge in [0, 0.05) is 17.0 Å². The maximum atomic E-state index is 10.3. The third-order valence-electron chi connectivity index (χ3n) is 1.45. The van der Waals surface area contributed by atoms with Crippen LogP contribution in [0.1, 0.15) is 5.56 Å². The van der Waals surface area contributed by atoms with E-state index in [4.69, 9.17) is 10.7 Å². The first-order valence-corrected chi connectivity index (χ1v) is 4.83. The highest BCUT2D eigenvalue weighted by Crippen LogP contribution is 2.28. The van der Waals surface area contributed by atoms with E-state index < -0.39 is 4.92 Å². The van der Waals surface area contributed by atoms with Gasteiger partial charge in [-0.15, -0.1) is 0 Å². The van der Waals surface area contributed by atoms with Crippen LogP contribution in [0, 0.1) is 17.0 Å². The molecule has 0 aliphatic heterocycles. The molecule has 0 saturated heterocycles. The Morgan fingerprint density at radius 2 is 2.25 bits per heavy atom. The molecule has 12 heavy (non-hydrogen) atoms. The molecule has 0 bridgehead atoms. The van der Waals surface area contributed by atoms with Gasteiger partial charge in [-0.1, -0.05) is 0 Å². The average molecular weight is 204 g/mol. The van der Waals surface area contributed by atoms with Crippen LogP contribution in [0.5, 0.6) is 0 Å². The van der Waals surface area contributed by atoms with Crippen LogP contribution in [0.3, 0.4) is 0 Å². The number of non-ortho nitro benzene ring substituents is 1. The number of hydrogen-bond acceptors (Lipinski definition) is 3. The van der Waals surface area contributed by atoms with Gasteiger partial charge in [0.1, 0.15) is 0 Å². The van der Waals surface area contributed by atoms with Crippen molar-refractivity contribution < 1.29 is 4.92 Å². The molecule has 0 radical (unpaired) electrons. The molecule has 0 aliphatic carbocycles. The smallest absolute Gasteiger partial charge is 0.258 e. The Kier molecular flexibility index (Phi) is 2.94. The normalized spacial score (nSPS) is 9.83. The van der Waals surface area contributed by atoms with Crippen molar-refractivity contribution in [2.75, 3.05) is 0 Å². The van der Waals surface area contributed by atoms with Crippen LogP contribution in [-0.2, 0) is 0 Å².